The molecule has 104 valence electrons. The van der Waals surface area contributed by atoms with Crippen LogP contribution in [0.5, 0.6) is 0 Å². The molecule has 0 aliphatic heterocycles. The van der Waals surface area contributed by atoms with Crippen LogP contribution in [0.25, 0.3) is 11.2 Å². The molecule has 0 aliphatic carbocycles. The molecule has 0 aliphatic rings. The first-order valence-electron chi connectivity index (χ1n) is 6.91. The lowest BCUT2D eigenvalue weighted by atomic mass is 10.1. The van der Waals surface area contributed by atoms with Gasteiger partial charge in [-0.2, -0.15) is 0 Å². The predicted octanol–water partition coefficient (Wildman–Crippen LogP) is 3.41. The highest BCUT2D eigenvalue weighted by atomic mass is 79.9. The van der Waals surface area contributed by atoms with Crippen LogP contribution in [-0.2, 0) is 6.54 Å². The summed E-state index contributed by atoms with van der Waals surface area (Å²) in [4.78, 5) is 8.84. The maximum absolute atomic E-state index is 5.49. The van der Waals surface area contributed by atoms with E-state index in [1.54, 1.807) is 6.20 Å². The minimum absolute atomic E-state index is 0.810. The van der Waals surface area contributed by atoms with E-state index in [-0.39, 0.29) is 0 Å². The molecule has 2 aromatic rings. The van der Waals surface area contributed by atoms with Crippen LogP contribution in [0, 0.1) is 6.92 Å². The Morgan fingerprint density at radius 3 is 2.74 bits per heavy atom. The Kier molecular flexibility index (Phi) is 5.34. The Hall–Kier alpha value is -0.940. The summed E-state index contributed by atoms with van der Waals surface area (Å²) < 4.78 is 3.26. The molecule has 0 aromatic carbocycles. The summed E-state index contributed by atoms with van der Waals surface area (Å²) in [7, 11) is 0. The van der Waals surface area contributed by atoms with Crippen LogP contribution in [0.1, 0.15) is 37.9 Å². The molecule has 2 N–H and O–H groups in total. The highest BCUT2D eigenvalue weighted by molar-refractivity contribution is 9.10. The fourth-order valence-electron chi connectivity index (χ4n) is 2.32. The predicted molar refractivity (Wildman–Crippen MR) is 82.1 cm³/mol. The fraction of sp³-hybridized carbons (Fsp3) is 0.571. The molecule has 2 rings (SSSR count). The molecular formula is C14H21BrN4. The lowest BCUT2D eigenvalue weighted by Gasteiger charge is -2.06. The van der Waals surface area contributed by atoms with E-state index < -0.39 is 0 Å². The number of aryl methyl sites for hydroxylation is 2. The first kappa shape index (κ1) is 14.5. The van der Waals surface area contributed by atoms with Crippen molar-refractivity contribution in [3.05, 3.63) is 22.6 Å². The maximum atomic E-state index is 5.49. The van der Waals surface area contributed by atoms with Gasteiger partial charge in [0, 0.05) is 17.2 Å². The van der Waals surface area contributed by atoms with E-state index in [9.17, 15) is 0 Å². The number of halogens is 1. The van der Waals surface area contributed by atoms with Crippen LogP contribution in [0.15, 0.2) is 16.7 Å². The van der Waals surface area contributed by atoms with Gasteiger partial charge >= 0.3 is 0 Å². The van der Waals surface area contributed by atoms with E-state index in [0.29, 0.717) is 0 Å². The fourth-order valence-corrected chi connectivity index (χ4v) is 2.64. The van der Waals surface area contributed by atoms with Crippen molar-refractivity contribution in [1.29, 1.82) is 0 Å². The summed E-state index contributed by atoms with van der Waals surface area (Å²) in [6.45, 7) is 3.87. The quantitative estimate of drug-likeness (QED) is 0.794. The molecule has 0 bridgehead atoms. The molecule has 0 unspecified atom stereocenters. The molecule has 0 amide bonds. The molecule has 0 radical (unpaired) electrons. The van der Waals surface area contributed by atoms with Crippen molar-refractivity contribution in [2.45, 2.75) is 45.6 Å². The van der Waals surface area contributed by atoms with Crippen LogP contribution in [0.2, 0.25) is 0 Å². The Morgan fingerprint density at radius 1 is 1.21 bits per heavy atom. The third-order valence-electron chi connectivity index (χ3n) is 3.35. The number of nitrogens with two attached hydrogens (primary N) is 1. The average molecular weight is 325 g/mol. The zero-order valence-electron chi connectivity index (χ0n) is 11.4. The standard InChI is InChI=1S/C14H21BrN4/c1-11-18-14-13(9-12(15)10-17-14)19(11)8-6-4-2-3-5-7-16/h9-10H,2-8,16H2,1H3. The van der Waals surface area contributed by atoms with Gasteiger partial charge in [0.05, 0.1) is 5.52 Å². The van der Waals surface area contributed by atoms with E-state index in [2.05, 4.69) is 36.5 Å². The SMILES string of the molecule is Cc1nc2ncc(Br)cc2n1CCCCCCCN. The van der Waals surface area contributed by atoms with Crippen molar-refractivity contribution in [3.8, 4) is 0 Å². The van der Waals surface area contributed by atoms with Gasteiger partial charge in [0.2, 0.25) is 0 Å². The Labute approximate surface area is 122 Å². The molecular weight excluding hydrogens is 304 g/mol. The van der Waals surface area contributed by atoms with Gasteiger partial charge in [-0.3, -0.25) is 0 Å². The first-order chi connectivity index (χ1) is 9.22. The summed E-state index contributed by atoms with van der Waals surface area (Å²) >= 11 is 3.47. The smallest absolute Gasteiger partial charge is 0.177 e. The minimum atomic E-state index is 0.810. The first-order valence-corrected chi connectivity index (χ1v) is 7.70. The maximum Gasteiger partial charge on any atom is 0.177 e. The monoisotopic (exact) mass is 324 g/mol. The highest BCUT2D eigenvalue weighted by Crippen LogP contribution is 2.19. The molecule has 19 heavy (non-hydrogen) atoms. The average Bonchev–Trinajstić information content (AvgIpc) is 2.69. The van der Waals surface area contributed by atoms with Gasteiger partial charge in [-0.15, -0.1) is 0 Å². The number of pyridine rings is 1. The van der Waals surface area contributed by atoms with Crippen molar-refractivity contribution < 1.29 is 0 Å². The Bertz CT molecular complexity index is 535. The highest BCUT2D eigenvalue weighted by Gasteiger charge is 2.08. The zero-order valence-corrected chi connectivity index (χ0v) is 13.0. The van der Waals surface area contributed by atoms with Crippen molar-refractivity contribution in [1.82, 2.24) is 14.5 Å². The van der Waals surface area contributed by atoms with Gasteiger partial charge < -0.3 is 10.3 Å². The number of rotatable bonds is 7. The number of unbranched alkanes of at least 4 members (excludes halogenated alkanes) is 4. The van der Waals surface area contributed by atoms with Gasteiger partial charge in [-0.05, 0) is 48.3 Å². The van der Waals surface area contributed by atoms with Crippen LogP contribution in [-0.4, -0.2) is 21.1 Å². The van der Waals surface area contributed by atoms with Gasteiger partial charge in [0.1, 0.15) is 5.82 Å². The molecule has 0 fully saturated rings. The summed E-state index contributed by atoms with van der Waals surface area (Å²) in [5.41, 5.74) is 7.45. The van der Waals surface area contributed by atoms with Gasteiger partial charge in [0.15, 0.2) is 5.65 Å². The number of imidazole rings is 1. The number of aromatic nitrogens is 3. The number of nitrogens with zero attached hydrogens (tertiary/aromatic N) is 3. The van der Waals surface area contributed by atoms with E-state index in [0.717, 1.165) is 41.0 Å². The van der Waals surface area contributed by atoms with Crippen molar-refractivity contribution in [2.75, 3.05) is 6.54 Å². The van der Waals surface area contributed by atoms with Crippen LogP contribution in [0.3, 0.4) is 0 Å². The lowest BCUT2D eigenvalue weighted by Crippen LogP contribution is -2.01. The summed E-state index contributed by atoms with van der Waals surface area (Å²) in [6.07, 6.45) is 7.89. The van der Waals surface area contributed by atoms with Crippen LogP contribution >= 0.6 is 15.9 Å². The van der Waals surface area contributed by atoms with E-state index in [1.165, 1.54) is 25.7 Å². The van der Waals surface area contributed by atoms with Crippen LogP contribution in [0.4, 0.5) is 0 Å². The summed E-state index contributed by atoms with van der Waals surface area (Å²) in [6, 6.07) is 2.09. The third-order valence-corrected chi connectivity index (χ3v) is 3.78. The molecule has 0 saturated carbocycles. The molecule has 5 heteroatoms. The van der Waals surface area contributed by atoms with Crippen molar-refractivity contribution in [2.24, 2.45) is 5.73 Å². The second-order valence-electron chi connectivity index (χ2n) is 4.86. The minimum Gasteiger partial charge on any atom is -0.330 e. The van der Waals surface area contributed by atoms with Crippen LogP contribution < -0.4 is 5.73 Å². The molecule has 4 nitrogen and oxygen atoms in total. The number of hydrogen-bond donors (Lipinski definition) is 1. The Balaban J connectivity index is 1.96. The van der Waals surface area contributed by atoms with Gasteiger partial charge in [-0.25, -0.2) is 9.97 Å². The molecule has 2 aromatic heterocycles. The Morgan fingerprint density at radius 2 is 1.95 bits per heavy atom. The topological polar surface area (TPSA) is 56.7 Å². The summed E-state index contributed by atoms with van der Waals surface area (Å²) in [5.74, 6) is 1.04. The molecule has 0 spiro atoms. The molecule has 2 heterocycles. The number of fused-ring (bicyclic) bond motifs is 1. The van der Waals surface area contributed by atoms with Gasteiger partial charge in [0.25, 0.3) is 0 Å². The second-order valence-corrected chi connectivity index (χ2v) is 5.78. The van der Waals surface area contributed by atoms with E-state index in [4.69, 9.17) is 5.73 Å². The zero-order chi connectivity index (χ0) is 13.7. The number of hydrogen-bond acceptors (Lipinski definition) is 3. The van der Waals surface area contributed by atoms with Crippen molar-refractivity contribution in [3.63, 3.8) is 0 Å². The lowest BCUT2D eigenvalue weighted by molar-refractivity contribution is 0.563. The van der Waals surface area contributed by atoms with E-state index >= 15 is 0 Å². The van der Waals surface area contributed by atoms with Crippen molar-refractivity contribution >= 4 is 27.1 Å². The molecule has 0 atom stereocenters. The normalized spacial score (nSPS) is 11.3. The van der Waals surface area contributed by atoms with E-state index in [1.807, 2.05) is 6.92 Å². The van der Waals surface area contributed by atoms with Gasteiger partial charge in [-0.1, -0.05) is 19.3 Å². The molecule has 0 saturated heterocycles. The summed E-state index contributed by atoms with van der Waals surface area (Å²) in [5, 5.41) is 0. The largest absolute Gasteiger partial charge is 0.330 e. The second kappa shape index (κ2) is 7.01. The third kappa shape index (κ3) is 3.76.